The molecular weight excluding hydrogens is 538 g/mol. The van der Waals surface area contributed by atoms with Gasteiger partial charge in [-0.3, -0.25) is 9.59 Å². The van der Waals surface area contributed by atoms with Gasteiger partial charge in [-0.15, -0.1) is 0 Å². The summed E-state index contributed by atoms with van der Waals surface area (Å²) in [6.07, 6.45) is 1.53. The normalized spacial score (nSPS) is 11.0. The number of hydrazone groups is 1. The van der Waals surface area contributed by atoms with Crippen molar-refractivity contribution >= 4 is 40.4 Å². The van der Waals surface area contributed by atoms with Crippen LogP contribution in [0.5, 0.6) is 11.5 Å². The smallest absolute Gasteiger partial charge is 0.271 e. The summed E-state index contributed by atoms with van der Waals surface area (Å²) >= 11 is 5.88. The van der Waals surface area contributed by atoms with Crippen molar-refractivity contribution in [2.45, 2.75) is 6.54 Å². The molecule has 5 aromatic carbocycles. The van der Waals surface area contributed by atoms with Crippen LogP contribution in [0.2, 0.25) is 5.02 Å². The Morgan fingerprint density at radius 2 is 1.59 bits per heavy atom. The van der Waals surface area contributed by atoms with Crippen molar-refractivity contribution in [3.05, 3.63) is 131 Å². The first-order valence-corrected chi connectivity index (χ1v) is 13.2. The molecule has 41 heavy (non-hydrogen) atoms. The Labute approximate surface area is 242 Å². The molecule has 2 amide bonds. The third-order valence-electron chi connectivity index (χ3n) is 6.38. The fourth-order valence-electron chi connectivity index (χ4n) is 4.29. The number of phenolic OH excluding ortho intramolecular Hbond substituents is 1. The van der Waals surface area contributed by atoms with Crippen molar-refractivity contribution in [2.24, 2.45) is 5.10 Å². The number of rotatable bonds is 9. The van der Waals surface area contributed by atoms with Gasteiger partial charge in [0.05, 0.1) is 11.2 Å². The van der Waals surface area contributed by atoms with Crippen molar-refractivity contribution in [1.29, 1.82) is 0 Å². The molecule has 7 nitrogen and oxygen atoms in total. The lowest BCUT2D eigenvalue weighted by Crippen LogP contribution is -2.28. The number of hydrogen-bond donors (Lipinski definition) is 3. The third kappa shape index (κ3) is 6.90. The zero-order chi connectivity index (χ0) is 28.6. The molecule has 0 heterocycles. The molecule has 0 spiro atoms. The molecule has 0 aliphatic heterocycles. The largest absolute Gasteiger partial charge is 0.506 e. The third-order valence-corrected chi connectivity index (χ3v) is 6.68. The van der Waals surface area contributed by atoms with E-state index in [-0.39, 0.29) is 28.8 Å². The molecule has 0 bridgehead atoms. The zero-order valence-electron chi connectivity index (χ0n) is 21.9. The molecule has 0 aliphatic rings. The number of halogens is 1. The van der Waals surface area contributed by atoms with E-state index < -0.39 is 5.91 Å². The summed E-state index contributed by atoms with van der Waals surface area (Å²) in [6.45, 7) is 0.252. The number of nitrogens with zero attached hydrogens (tertiary/aromatic N) is 1. The molecule has 8 heteroatoms. The maximum atomic E-state index is 12.6. The number of amides is 2. The molecule has 3 N–H and O–H groups in total. The predicted octanol–water partition coefficient (Wildman–Crippen LogP) is 6.32. The predicted molar refractivity (Wildman–Crippen MR) is 161 cm³/mol. The van der Waals surface area contributed by atoms with E-state index in [1.807, 2.05) is 60.7 Å². The summed E-state index contributed by atoms with van der Waals surface area (Å²) in [7, 11) is 0. The fraction of sp³-hybridized carbons (Fsp3) is 0.0606. The van der Waals surface area contributed by atoms with Crippen LogP contribution in [0.3, 0.4) is 0 Å². The maximum Gasteiger partial charge on any atom is 0.271 e. The summed E-state index contributed by atoms with van der Waals surface area (Å²) in [4.78, 5) is 25.0. The molecule has 0 unspecified atom stereocenters. The van der Waals surface area contributed by atoms with Crippen LogP contribution in [0.1, 0.15) is 21.5 Å². The number of ether oxygens (including phenoxy) is 1. The van der Waals surface area contributed by atoms with Crippen LogP contribution in [0.25, 0.3) is 21.9 Å². The van der Waals surface area contributed by atoms with Gasteiger partial charge in [-0.05, 0) is 58.5 Å². The van der Waals surface area contributed by atoms with Gasteiger partial charge in [-0.25, -0.2) is 5.43 Å². The Balaban J connectivity index is 1.20. The summed E-state index contributed by atoms with van der Waals surface area (Å²) < 4.78 is 5.88. The highest BCUT2D eigenvalue weighted by atomic mass is 35.5. The highest BCUT2D eigenvalue weighted by molar-refractivity contribution is 6.32. The Kier molecular flexibility index (Phi) is 8.57. The van der Waals surface area contributed by atoms with Crippen molar-refractivity contribution in [3.63, 3.8) is 0 Å². The monoisotopic (exact) mass is 563 g/mol. The molecule has 0 saturated heterocycles. The number of nitrogens with one attached hydrogen (secondary N) is 2. The van der Waals surface area contributed by atoms with E-state index in [0.717, 1.165) is 33.0 Å². The van der Waals surface area contributed by atoms with Crippen LogP contribution < -0.4 is 15.5 Å². The molecule has 0 radical (unpaired) electrons. The highest BCUT2D eigenvalue weighted by Crippen LogP contribution is 2.28. The first-order chi connectivity index (χ1) is 20.0. The van der Waals surface area contributed by atoms with Gasteiger partial charge in [0.2, 0.25) is 0 Å². The second-order valence-electron chi connectivity index (χ2n) is 9.20. The molecule has 5 aromatic rings. The molecule has 204 valence electrons. The van der Waals surface area contributed by atoms with Gasteiger partial charge in [0, 0.05) is 23.1 Å². The molecule has 5 rings (SSSR count). The molecule has 0 saturated carbocycles. The van der Waals surface area contributed by atoms with Crippen LogP contribution in [-0.4, -0.2) is 29.7 Å². The minimum absolute atomic E-state index is 0.0779. The lowest BCUT2D eigenvalue weighted by atomic mass is 10.0. The Morgan fingerprint density at radius 3 is 2.39 bits per heavy atom. The van der Waals surface area contributed by atoms with Gasteiger partial charge in [0.25, 0.3) is 11.8 Å². The van der Waals surface area contributed by atoms with Crippen LogP contribution in [-0.2, 0) is 11.3 Å². The summed E-state index contributed by atoms with van der Waals surface area (Å²) in [5.74, 6) is -0.250. The fourth-order valence-corrected chi connectivity index (χ4v) is 4.47. The van der Waals surface area contributed by atoms with E-state index in [9.17, 15) is 14.7 Å². The second kappa shape index (κ2) is 12.8. The minimum atomic E-state index is -0.467. The van der Waals surface area contributed by atoms with Crippen molar-refractivity contribution in [2.75, 3.05) is 6.61 Å². The van der Waals surface area contributed by atoms with Crippen LogP contribution >= 0.6 is 11.6 Å². The van der Waals surface area contributed by atoms with Gasteiger partial charge >= 0.3 is 0 Å². The van der Waals surface area contributed by atoms with E-state index >= 15 is 0 Å². The summed E-state index contributed by atoms with van der Waals surface area (Å²) in [5, 5.41) is 18.2. The Bertz CT molecular complexity index is 1740. The first kappa shape index (κ1) is 27.4. The van der Waals surface area contributed by atoms with Gasteiger partial charge < -0.3 is 15.2 Å². The standard InChI is InChI=1S/C33H26ClN3O4/c34-29-18-25(13-15-30(29)38)33(40)37-36-20-26-14-16-31(28-12-5-4-11-27(26)28)41-21-32(39)35-19-22-7-6-10-24(17-22)23-8-2-1-3-9-23/h1-18,20,38H,19,21H2,(H,35,39)(H,37,40)/b36-20+. The van der Waals surface area contributed by atoms with Gasteiger partial charge in [0.15, 0.2) is 6.61 Å². The van der Waals surface area contributed by atoms with Crippen molar-refractivity contribution in [3.8, 4) is 22.6 Å². The zero-order valence-corrected chi connectivity index (χ0v) is 22.6. The quantitative estimate of drug-likeness (QED) is 0.144. The maximum absolute atomic E-state index is 12.6. The number of carbonyl (C=O) groups is 2. The van der Waals surface area contributed by atoms with Gasteiger partial charge in [-0.1, -0.05) is 84.4 Å². The van der Waals surface area contributed by atoms with E-state index in [0.29, 0.717) is 12.3 Å². The molecule has 0 fully saturated rings. The van der Waals surface area contributed by atoms with E-state index in [1.165, 1.54) is 24.4 Å². The molecule has 0 atom stereocenters. The van der Waals surface area contributed by atoms with Gasteiger partial charge in [0.1, 0.15) is 11.5 Å². The minimum Gasteiger partial charge on any atom is -0.506 e. The van der Waals surface area contributed by atoms with Crippen molar-refractivity contribution < 1.29 is 19.4 Å². The summed E-state index contributed by atoms with van der Waals surface area (Å²) in [5.41, 5.74) is 6.68. The Hall–Kier alpha value is -5.14. The van der Waals surface area contributed by atoms with E-state index in [2.05, 4.69) is 34.0 Å². The van der Waals surface area contributed by atoms with Crippen LogP contribution in [0, 0.1) is 0 Å². The lowest BCUT2D eigenvalue weighted by molar-refractivity contribution is -0.123. The van der Waals surface area contributed by atoms with E-state index in [1.54, 1.807) is 12.1 Å². The van der Waals surface area contributed by atoms with E-state index in [4.69, 9.17) is 16.3 Å². The average Bonchev–Trinajstić information content (AvgIpc) is 3.01. The number of fused-ring (bicyclic) bond motifs is 1. The number of aromatic hydroxyl groups is 1. The highest BCUT2D eigenvalue weighted by Gasteiger charge is 2.10. The lowest BCUT2D eigenvalue weighted by Gasteiger charge is -2.12. The topological polar surface area (TPSA) is 100 Å². The number of hydrogen-bond acceptors (Lipinski definition) is 5. The van der Waals surface area contributed by atoms with Gasteiger partial charge in [-0.2, -0.15) is 5.10 Å². The number of benzene rings is 5. The Morgan fingerprint density at radius 1 is 0.829 bits per heavy atom. The second-order valence-corrected chi connectivity index (χ2v) is 9.60. The van der Waals surface area contributed by atoms with Crippen LogP contribution in [0.15, 0.2) is 114 Å². The molecular formula is C33H26ClN3O4. The van der Waals surface area contributed by atoms with Crippen molar-refractivity contribution in [1.82, 2.24) is 10.7 Å². The van der Waals surface area contributed by atoms with Crippen LogP contribution in [0.4, 0.5) is 0 Å². The molecule has 0 aliphatic carbocycles. The first-order valence-electron chi connectivity index (χ1n) is 12.9. The summed E-state index contributed by atoms with van der Waals surface area (Å²) in [6, 6.07) is 33.4. The molecule has 0 aromatic heterocycles. The number of carbonyl (C=O) groups excluding carboxylic acids is 2. The average molecular weight is 564 g/mol. The number of phenols is 1. The SMILES string of the molecule is O=C(COc1ccc(/C=N/NC(=O)c2ccc(O)c(Cl)c2)c2ccccc12)NCc1cccc(-c2ccccc2)c1.